The van der Waals surface area contributed by atoms with Gasteiger partial charge in [0.05, 0.1) is 11.7 Å². The molecule has 0 bridgehead atoms. The molecule has 2 aliphatic rings. The summed E-state index contributed by atoms with van der Waals surface area (Å²) in [5.74, 6) is 1.05. The summed E-state index contributed by atoms with van der Waals surface area (Å²) in [7, 11) is 0. The van der Waals surface area contributed by atoms with Crippen molar-refractivity contribution in [2.24, 2.45) is 5.92 Å². The largest absolute Gasteiger partial charge is 0.360 e. The number of aromatic amines is 1. The minimum Gasteiger partial charge on any atom is -0.360 e. The quantitative estimate of drug-likeness (QED) is 0.693. The lowest BCUT2D eigenvalue weighted by molar-refractivity contribution is 0.121. The van der Waals surface area contributed by atoms with Crippen molar-refractivity contribution in [2.75, 3.05) is 26.2 Å². The van der Waals surface area contributed by atoms with Gasteiger partial charge in [-0.05, 0) is 49.1 Å². The molecule has 1 N–H and O–H groups in total. The number of aromatic nitrogens is 3. The molecular formula is C22H27N5O. The van der Waals surface area contributed by atoms with Gasteiger partial charge in [-0.2, -0.15) is 0 Å². The zero-order valence-corrected chi connectivity index (χ0v) is 16.4. The normalized spacial score (nSPS) is 21.5. The molecular weight excluding hydrogens is 350 g/mol. The summed E-state index contributed by atoms with van der Waals surface area (Å²) < 4.78 is 0. The molecule has 3 aromatic rings. The van der Waals surface area contributed by atoms with Crippen LogP contribution in [0.5, 0.6) is 0 Å². The molecule has 0 spiro atoms. The maximum Gasteiger partial charge on any atom is 0.320 e. The van der Waals surface area contributed by atoms with E-state index in [1.54, 1.807) is 0 Å². The van der Waals surface area contributed by atoms with Crippen molar-refractivity contribution in [3.63, 3.8) is 0 Å². The fraction of sp³-hybridized carbons (Fsp3) is 0.500. The second-order valence-electron chi connectivity index (χ2n) is 8.41. The molecule has 0 aromatic carbocycles. The predicted molar refractivity (Wildman–Crippen MR) is 110 cm³/mol. The number of rotatable bonds is 1. The molecule has 5 rings (SSSR count). The molecule has 0 saturated carbocycles. The van der Waals surface area contributed by atoms with E-state index in [0.29, 0.717) is 11.8 Å². The lowest BCUT2D eigenvalue weighted by atomic mass is 9.89. The highest BCUT2D eigenvalue weighted by Gasteiger charge is 2.30. The van der Waals surface area contributed by atoms with Crippen LogP contribution in [0.2, 0.25) is 0 Å². The van der Waals surface area contributed by atoms with Gasteiger partial charge < -0.3 is 14.8 Å². The topological polar surface area (TPSA) is 65.1 Å². The molecule has 2 saturated heterocycles. The maximum absolute atomic E-state index is 12.9. The Morgan fingerprint density at radius 1 is 1.11 bits per heavy atom. The molecule has 2 fully saturated rings. The number of fused-ring (bicyclic) bond motifs is 3. The second-order valence-corrected chi connectivity index (χ2v) is 8.41. The lowest BCUT2D eigenvalue weighted by Gasteiger charge is -2.38. The Bertz CT molecular complexity index is 1000. The van der Waals surface area contributed by atoms with E-state index in [0.717, 1.165) is 56.6 Å². The van der Waals surface area contributed by atoms with Gasteiger partial charge in [0.25, 0.3) is 0 Å². The number of carbonyl (C=O) groups excluding carboxylic acids is 1. The van der Waals surface area contributed by atoms with E-state index in [1.807, 2.05) is 24.7 Å². The summed E-state index contributed by atoms with van der Waals surface area (Å²) in [6.45, 7) is 5.71. The van der Waals surface area contributed by atoms with Crippen molar-refractivity contribution in [1.29, 1.82) is 0 Å². The molecule has 2 aliphatic heterocycles. The van der Waals surface area contributed by atoms with Gasteiger partial charge in [-0.15, -0.1) is 0 Å². The number of amides is 2. The van der Waals surface area contributed by atoms with E-state index in [-0.39, 0.29) is 6.03 Å². The number of nitrogens with zero attached hydrogens (tertiary/aromatic N) is 4. The van der Waals surface area contributed by atoms with Crippen LogP contribution in [0.1, 0.15) is 44.1 Å². The highest BCUT2D eigenvalue weighted by Crippen LogP contribution is 2.36. The first-order valence-corrected chi connectivity index (χ1v) is 10.5. The van der Waals surface area contributed by atoms with Crippen LogP contribution in [0.25, 0.3) is 21.9 Å². The van der Waals surface area contributed by atoms with Crippen LogP contribution in [0, 0.1) is 5.92 Å². The van der Waals surface area contributed by atoms with Crippen molar-refractivity contribution in [3.05, 3.63) is 36.3 Å². The Labute approximate surface area is 164 Å². The number of likely N-dealkylation sites (tertiary alicyclic amines) is 2. The van der Waals surface area contributed by atoms with Crippen LogP contribution in [-0.2, 0) is 0 Å². The van der Waals surface area contributed by atoms with Crippen LogP contribution in [0.4, 0.5) is 4.79 Å². The summed E-state index contributed by atoms with van der Waals surface area (Å²) in [6, 6.07) is 4.40. The molecule has 1 unspecified atom stereocenters. The number of carbonyl (C=O) groups is 1. The SMILES string of the molecule is CC1CCCN(C(=O)N2CCC(c3cnc4ncc5[nH]cccc5c34)CC2)C1. The number of hydrogen-bond acceptors (Lipinski definition) is 3. The van der Waals surface area contributed by atoms with Gasteiger partial charge in [0, 0.05) is 49.3 Å². The van der Waals surface area contributed by atoms with Gasteiger partial charge in [-0.3, -0.25) is 0 Å². The molecule has 5 heterocycles. The Morgan fingerprint density at radius 3 is 2.75 bits per heavy atom. The number of nitrogens with one attached hydrogen (secondary N) is 1. The molecule has 6 heteroatoms. The van der Waals surface area contributed by atoms with E-state index >= 15 is 0 Å². The Hall–Kier alpha value is -2.63. The molecule has 3 aromatic heterocycles. The summed E-state index contributed by atoms with van der Waals surface area (Å²) >= 11 is 0. The summed E-state index contributed by atoms with van der Waals surface area (Å²) in [6.07, 6.45) is 10.1. The average molecular weight is 377 g/mol. The predicted octanol–water partition coefficient (Wildman–Crippen LogP) is 4.14. The standard InChI is InChI=1S/C22H27N5O/c1-15-4-3-9-27(14-15)22(28)26-10-6-16(7-11-26)18-12-24-21-20(18)17-5-2-8-23-19(17)13-25-21/h2,5,8,12-13,15-16,23H,3-4,6-7,9-11,14H2,1H3. The first kappa shape index (κ1) is 17.5. The Morgan fingerprint density at radius 2 is 1.93 bits per heavy atom. The van der Waals surface area contributed by atoms with Crippen molar-refractivity contribution in [1.82, 2.24) is 24.8 Å². The number of urea groups is 1. The molecule has 0 radical (unpaired) electrons. The first-order valence-electron chi connectivity index (χ1n) is 10.5. The highest BCUT2D eigenvalue weighted by molar-refractivity contribution is 6.05. The monoisotopic (exact) mass is 377 g/mol. The van der Waals surface area contributed by atoms with Crippen LogP contribution in [0.3, 0.4) is 0 Å². The fourth-order valence-electron chi connectivity index (χ4n) is 4.92. The summed E-state index contributed by atoms with van der Waals surface area (Å²) in [5, 5.41) is 2.35. The Kier molecular flexibility index (Phi) is 4.41. The van der Waals surface area contributed by atoms with Crippen molar-refractivity contribution < 1.29 is 4.79 Å². The molecule has 0 aliphatic carbocycles. The van der Waals surface area contributed by atoms with E-state index < -0.39 is 0 Å². The molecule has 28 heavy (non-hydrogen) atoms. The minimum atomic E-state index is 0.234. The third-order valence-electron chi connectivity index (χ3n) is 6.44. The van der Waals surface area contributed by atoms with Crippen molar-refractivity contribution in [2.45, 2.75) is 38.5 Å². The third kappa shape index (κ3) is 3.01. The van der Waals surface area contributed by atoms with E-state index in [4.69, 9.17) is 0 Å². The third-order valence-corrected chi connectivity index (χ3v) is 6.44. The number of piperidine rings is 2. The first-order chi connectivity index (χ1) is 13.7. The van der Waals surface area contributed by atoms with Crippen LogP contribution >= 0.6 is 0 Å². The molecule has 6 nitrogen and oxygen atoms in total. The van der Waals surface area contributed by atoms with Gasteiger partial charge in [0.2, 0.25) is 0 Å². The van der Waals surface area contributed by atoms with E-state index in [2.05, 4.69) is 37.7 Å². The van der Waals surface area contributed by atoms with Crippen LogP contribution in [-0.4, -0.2) is 57.0 Å². The summed E-state index contributed by atoms with van der Waals surface area (Å²) in [5.41, 5.74) is 3.14. The van der Waals surface area contributed by atoms with E-state index in [9.17, 15) is 4.79 Å². The zero-order valence-electron chi connectivity index (χ0n) is 16.4. The molecule has 146 valence electrons. The smallest absolute Gasteiger partial charge is 0.320 e. The van der Waals surface area contributed by atoms with Gasteiger partial charge in [0.1, 0.15) is 0 Å². The van der Waals surface area contributed by atoms with Gasteiger partial charge in [-0.1, -0.05) is 13.0 Å². The van der Waals surface area contributed by atoms with Crippen molar-refractivity contribution in [3.8, 4) is 0 Å². The highest BCUT2D eigenvalue weighted by atomic mass is 16.2. The number of hydrogen-bond donors (Lipinski definition) is 1. The van der Waals surface area contributed by atoms with Crippen LogP contribution in [0.15, 0.2) is 30.7 Å². The lowest BCUT2D eigenvalue weighted by Crippen LogP contribution is -2.49. The fourth-order valence-corrected chi connectivity index (χ4v) is 4.92. The molecule has 1 atom stereocenters. The summed E-state index contributed by atoms with van der Waals surface area (Å²) in [4.78, 5) is 29.4. The van der Waals surface area contributed by atoms with Gasteiger partial charge in [-0.25, -0.2) is 14.8 Å². The second kappa shape index (κ2) is 7.08. The van der Waals surface area contributed by atoms with E-state index in [1.165, 1.54) is 22.8 Å². The van der Waals surface area contributed by atoms with Crippen LogP contribution < -0.4 is 0 Å². The van der Waals surface area contributed by atoms with Gasteiger partial charge in [0.15, 0.2) is 5.65 Å². The molecule has 2 amide bonds. The number of pyridine rings is 2. The maximum atomic E-state index is 12.9. The van der Waals surface area contributed by atoms with Crippen molar-refractivity contribution >= 4 is 28.0 Å². The Balaban J connectivity index is 1.35. The zero-order chi connectivity index (χ0) is 19.1. The number of H-pyrrole nitrogens is 1. The average Bonchev–Trinajstić information content (AvgIpc) is 3.18. The minimum absolute atomic E-state index is 0.234. The van der Waals surface area contributed by atoms with Gasteiger partial charge >= 0.3 is 6.03 Å².